The zero-order chi connectivity index (χ0) is 29.5. The van der Waals surface area contributed by atoms with Gasteiger partial charge < -0.3 is 9.47 Å². The molecule has 0 aliphatic heterocycles. The van der Waals surface area contributed by atoms with Gasteiger partial charge in [-0.2, -0.15) is 13.2 Å². The maximum Gasteiger partial charge on any atom is 0.451 e. The highest BCUT2D eigenvalue weighted by molar-refractivity contribution is 14.2. The second-order valence-corrected chi connectivity index (χ2v) is 16.7. The molecular weight excluding hydrogens is 870 g/mol. The molecule has 0 heterocycles. The molecule has 3 aromatic carbocycles. The lowest BCUT2D eigenvalue weighted by atomic mass is 9.67. The Labute approximate surface area is 280 Å². The first-order valence-electron chi connectivity index (χ1n) is 13.7. The minimum atomic E-state index is -3.38. The molecule has 0 radical (unpaired) electrons. The van der Waals surface area contributed by atoms with Crippen molar-refractivity contribution >= 4 is 73.6 Å². The van der Waals surface area contributed by atoms with E-state index in [1.807, 2.05) is 42.5 Å². The fourth-order valence-corrected chi connectivity index (χ4v) is 6.58. The smallest absolute Gasteiger partial charge is 0.442 e. The monoisotopic (exact) mass is 902 g/mol. The average molecular weight is 902 g/mol. The summed E-state index contributed by atoms with van der Waals surface area (Å²) in [5.41, 5.74) is 1.75. The molecule has 41 heavy (non-hydrogen) atoms. The minimum absolute atomic E-state index is 0.0293. The fourth-order valence-electron chi connectivity index (χ4n) is 5.82. The Morgan fingerprint density at radius 1 is 0.780 bits per heavy atom. The van der Waals surface area contributed by atoms with Crippen LogP contribution in [0.4, 0.5) is 13.2 Å². The van der Waals surface area contributed by atoms with Crippen LogP contribution in [0.5, 0.6) is 11.5 Å². The molecular formula is C32H32F3I3O3. The first-order valence-corrected chi connectivity index (χ1v) is 16.9. The lowest BCUT2D eigenvalue weighted by molar-refractivity contribution is -0.119. The van der Waals surface area contributed by atoms with E-state index in [1.165, 1.54) is 31.7 Å². The number of benzene rings is 3. The highest BCUT2D eigenvalue weighted by Crippen LogP contribution is 2.44. The normalized spacial score (nSPS) is 15.9. The molecule has 9 heteroatoms. The number of ketones is 1. The second kappa shape index (κ2) is 14.6. The van der Waals surface area contributed by atoms with Crippen molar-refractivity contribution in [2.45, 2.75) is 69.2 Å². The lowest BCUT2D eigenvalue weighted by Gasteiger charge is -2.36. The number of hydrogen-bond acceptors (Lipinski definition) is 3. The third kappa shape index (κ3) is 10.3. The second-order valence-electron chi connectivity index (χ2n) is 10.6. The molecule has 1 atom stereocenters. The fraction of sp³-hybridized carbons (Fsp3) is 0.406. The van der Waals surface area contributed by atoms with Crippen LogP contribution in [-0.2, 0) is 16.6 Å². The number of Topliss-reactive ketones (excluding diaryl/α,β-unsaturated/α-hetero) is 1. The largest absolute Gasteiger partial charge is 0.451 e. The first kappa shape index (κ1) is 32.8. The number of rotatable bonds is 14. The molecule has 4 rings (SSSR count). The molecule has 0 aromatic heterocycles. The Morgan fingerprint density at radius 2 is 1.37 bits per heavy atom. The molecule has 1 aliphatic carbocycles. The van der Waals surface area contributed by atoms with Gasteiger partial charge >= 0.3 is 5.98 Å². The summed E-state index contributed by atoms with van der Waals surface area (Å²) in [6, 6.07) is 23.8. The van der Waals surface area contributed by atoms with E-state index in [1.54, 1.807) is 75.5 Å². The molecule has 1 saturated carbocycles. The van der Waals surface area contributed by atoms with Crippen LogP contribution >= 0.6 is 67.8 Å². The molecule has 1 unspecified atom stereocenters. The van der Waals surface area contributed by atoms with Crippen LogP contribution in [-0.4, -0.2) is 11.8 Å². The summed E-state index contributed by atoms with van der Waals surface area (Å²) < 4.78 is 47.3. The third-order valence-electron chi connectivity index (χ3n) is 7.73. The van der Waals surface area contributed by atoms with Gasteiger partial charge in [0.25, 0.3) is 0 Å². The van der Waals surface area contributed by atoms with Gasteiger partial charge in [-0.1, -0.05) is 80.3 Å². The SMILES string of the molecule is O=C(CCC1CCCC1)CCC(Cc1ccccc1)(c1cccc(OC(F)(F)I)c1)c1cccc(OC(F)(I)I)c1. The Morgan fingerprint density at radius 3 is 1.93 bits per heavy atom. The third-order valence-corrected chi connectivity index (χ3v) is 8.39. The Bertz CT molecular complexity index is 1230. The van der Waals surface area contributed by atoms with Crippen molar-refractivity contribution < 1.29 is 27.4 Å². The molecule has 1 aliphatic rings. The van der Waals surface area contributed by atoms with E-state index in [-0.39, 0.29) is 11.5 Å². The molecule has 220 valence electrons. The maximum atomic E-state index is 14.5. The van der Waals surface area contributed by atoms with Gasteiger partial charge in [-0.05, 0) is 66.1 Å². The molecule has 3 nitrogen and oxygen atoms in total. The van der Waals surface area contributed by atoms with Crippen molar-refractivity contribution in [1.29, 1.82) is 0 Å². The van der Waals surface area contributed by atoms with Crippen LogP contribution < -0.4 is 9.47 Å². The standard InChI is InChI=1S/C32H32F3I3O3/c33-31(34,36)40-28-14-6-12-25(20-28)30(22-24-10-2-1-3-11-24,19-18-27(39)17-16-23-8-4-5-9-23)26-13-7-15-29(21-26)41-32(35,37)38/h1-3,6-7,10-15,20-21,23H,4-5,8-9,16-19,22H2. The number of alkyl halides is 6. The number of halogens is 6. The van der Waals surface area contributed by atoms with Gasteiger partial charge in [0, 0.05) is 63.4 Å². The van der Waals surface area contributed by atoms with Crippen LogP contribution in [0.2, 0.25) is 0 Å². The molecule has 0 N–H and O–H groups in total. The number of carbonyl (C=O) groups excluding carboxylic acids is 1. The van der Waals surface area contributed by atoms with Crippen molar-refractivity contribution in [2.75, 3.05) is 0 Å². The summed E-state index contributed by atoms with van der Waals surface area (Å²) in [7, 11) is 0. The Hall–Kier alpha value is -1.09. The van der Waals surface area contributed by atoms with Gasteiger partial charge in [-0.25, -0.2) is 0 Å². The predicted molar refractivity (Wildman–Crippen MR) is 181 cm³/mol. The molecule has 0 spiro atoms. The number of carbonyl (C=O) groups is 1. The van der Waals surface area contributed by atoms with Crippen LogP contribution in [0.15, 0.2) is 78.9 Å². The van der Waals surface area contributed by atoms with E-state index < -0.39 is 11.4 Å². The van der Waals surface area contributed by atoms with E-state index in [9.17, 15) is 18.0 Å². The summed E-state index contributed by atoms with van der Waals surface area (Å²) in [5.74, 6) is 1.18. The van der Waals surface area contributed by atoms with E-state index in [4.69, 9.17) is 9.47 Å². The first-order chi connectivity index (χ1) is 19.4. The summed E-state index contributed by atoms with van der Waals surface area (Å²) >= 11 is 4.11. The van der Waals surface area contributed by atoms with Gasteiger partial charge in [0.15, 0.2) is 0 Å². The van der Waals surface area contributed by atoms with Crippen LogP contribution in [0.1, 0.15) is 68.1 Å². The topological polar surface area (TPSA) is 35.5 Å². The summed E-state index contributed by atoms with van der Waals surface area (Å²) in [5, 5.41) is 0. The van der Waals surface area contributed by atoms with Gasteiger partial charge in [0.05, 0.1) is 22.6 Å². The maximum absolute atomic E-state index is 14.5. The van der Waals surface area contributed by atoms with Crippen molar-refractivity contribution in [3.05, 3.63) is 95.6 Å². The molecule has 0 bridgehead atoms. The van der Waals surface area contributed by atoms with Crippen LogP contribution in [0.3, 0.4) is 0 Å². The van der Waals surface area contributed by atoms with Crippen molar-refractivity contribution in [1.82, 2.24) is 0 Å². The lowest BCUT2D eigenvalue weighted by Crippen LogP contribution is -2.32. The molecule has 0 saturated heterocycles. The molecule has 0 amide bonds. The van der Waals surface area contributed by atoms with E-state index in [0.29, 0.717) is 37.4 Å². The average Bonchev–Trinajstić information content (AvgIpc) is 3.43. The quantitative estimate of drug-likeness (QED) is 0.119. The van der Waals surface area contributed by atoms with Gasteiger partial charge in [-0.3, -0.25) is 4.79 Å². The highest BCUT2D eigenvalue weighted by atomic mass is 127. The van der Waals surface area contributed by atoms with Gasteiger partial charge in [-0.15, -0.1) is 0 Å². The zero-order valence-corrected chi connectivity index (χ0v) is 28.9. The summed E-state index contributed by atoms with van der Waals surface area (Å²) in [6.07, 6.45) is 7.55. The van der Waals surface area contributed by atoms with Crippen molar-refractivity contribution in [3.8, 4) is 11.5 Å². The van der Waals surface area contributed by atoms with E-state index in [0.717, 1.165) is 45.7 Å². The number of ether oxygens (including phenoxy) is 2. The van der Waals surface area contributed by atoms with E-state index >= 15 is 0 Å². The molecule has 1 fully saturated rings. The predicted octanol–water partition coefficient (Wildman–Crippen LogP) is 10.7. The summed E-state index contributed by atoms with van der Waals surface area (Å²) in [6.45, 7) is 0. The van der Waals surface area contributed by atoms with Crippen molar-refractivity contribution in [3.63, 3.8) is 0 Å². The van der Waals surface area contributed by atoms with Crippen LogP contribution in [0.25, 0.3) is 0 Å². The molecule has 3 aromatic rings. The van der Waals surface area contributed by atoms with Gasteiger partial charge in [0.2, 0.25) is 0 Å². The minimum Gasteiger partial charge on any atom is -0.442 e. The van der Waals surface area contributed by atoms with Crippen LogP contribution in [0, 0.1) is 5.92 Å². The zero-order valence-electron chi connectivity index (χ0n) is 22.4. The van der Waals surface area contributed by atoms with Gasteiger partial charge in [0.1, 0.15) is 17.3 Å². The van der Waals surface area contributed by atoms with E-state index in [2.05, 4.69) is 0 Å². The Balaban J connectivity index is 1.77. The Kier molecular flexibility index (Phi) is 11.7. The summed E-state index contributed by atoms with van der Waals surface area (Å²) in [4.78, 5) is 13.3. The number of hydrogen-bond donors (Lipinski definition) is 0. The van der Waals surface area contributed by atoms with Crippen molar-refractivity contribution in [2.24, 2.45) is 5.92 Å². The highest BCUT2D eigenvalue weighted by Gasteiger charge is 2.37.